The van der Waals surface area contributed by atoms with Crippen molar-refractivity contribution in [2.45, 2.75) is 46.0 Å². The highest BCUT2D eigenvalue weighted by Gasteiger charge is 2.21. The minimum absolute atomic E-state index is 0.204. The van der Waals surface area contributed by atoms with Crippen LogP contribution in [-0.2, 0) is 28.3 Å². The second-order valence-electron chi connectivity index (χ2n) is 7.31. The van der Waals surface area contributed by atoms with Gasteiger partial charge >= 0.3 is 0 Å². The Bertz CT molecular complexity index is 1170. The van der Waals surface area contributed by atoms with Gasteiger partial charge in [-0.1, -0.05) is 31.4 Å². The molecule has 30 heavy (non-hydrogen) atoms. The number of rotatable bonds is 9. The van der Waals surface area contributed by atoms with Crippen molar-refractivity contribution in [2.75, 3.05) is 5.75 Å². The predicted molar refractivity (Wildman–Crippen MR) is 117 cm³/mol. The van der Waals surface area contributed by atoms with Gasteiger partial charge in [0, 0.05) is 36.8 Å². The summed E-state index contributed by atoms with van der Waals surface area (Å²) in [5, 5.41) is 5.88. The topological polar surface area (TPSA) is 98.9 Å². The van der Waals surface area contributed by atoms with Gasteiger partial charge in [-0.15, -0.1) is 0 Å². The average molecular weight is 452 g/mol. The first-order valence-electron chi connectivity index (χ1n) is 9.90. The largest absolute Gasteiger partial charge is 0.285 e. The Balaban J connectivity index is 1.81. The van der Waals surface area contributed by atoms with Crippen LogP contribution in [0.15, 0.2) is 24.5 Å². The molecule has 3 rings (SSSR count). The van der Waals surface area contributed by atoms with Gasteiger partial charge in [0.2, 0.25) is 15.9 Å². The predicted octanol–water partition coefficient (Wildman–Crippen LogP) is 3.29. The molecule has 0 saturated heterocycles. The third-order valence-corrected chi connectivity index (χ3v) is 6.42. The van der Waals surface area contributed by atoms with E-state index in [1.54, 1.807) is 17.9 Å². The van der Waals surface area contributed by atoms with Gasteiger partial charge in [0.25, 0.3) is 0 Å². The zero-order valence-electron chi connectivity index (χ0n) is 17.4. The smallest absolute Gasteiger partial charge is 0.235 e. The number of aromatic nitrogens is 4. The summed E-state index contributed by atoms with van der Waals surface area (Å²) in [5.74, 6) is 0.0793. The molecule has 3 heterocycles. The molecule has 0 radical (unpaired) electrons. The number of nitrogens with one attached hydrogen (secondary N) is 1. The van der Waals surface area contributed by atoms with E-state index in [1.165, 1.54) is 0 Å². The molecule has 1 N–H and O–H groups in total. The molecule has 0 saturated carbocycles. The first-order valence-corrected chi connectivity index (χ1v) is 11.9. The van der Waals surface area contributed by atoms with Crippen LogP contribution in [0.5, 0.6) is 0 Å². The minimum atomic E-state index is -3.74. The lowest BCUT2D eigenvalue weighted by molar-refractivity contribution is -0.119. The van der Waals surface area contributed by atoms with Gasteiger partial charge < -0.3 is 0 Å². The van der Waals surface area contributed by atoms with Crippen molar-refractivity contribution in [1.29, 1.82) is 0 Å². The molecule has 8 nitrogen and oxygen atoms in total. The number of sulfonamides is 1. The summed E-state index contributed by atoms with van der Waals surface area (Å²) in [6.45, 7) is 3.87. The monoisotopic (exact) mass is 451 g/mol. The van der Waals surface area contributed by atoms with Crippen molar-refractivity contribution in [3.05, 3.63) is 40.8 Å². The number of carbonyl (C=O) groups excluding carboxylic acids is 1. The molecule has 10 heteroatoms. The molecule has 1 amide bonds. The summed E-state index contributed by atoms with van der Waals surface area (Å²) in [6.07, 6.45) is 6.42. The molecule has 0 atom stereocenters. The molecule has 0 aliphatic heterocycles. The number of fused-ring (bicyclic) bond motifs is 1. The fourth-order valence-electron chi connectivity index (χ4n) is 3.50. The quantitative estimate of drug-likeness (QED) is 0.503. The Kier molecular flexibility index (Phi) is 6.82. The fourth-order valence-corrected chi connectivity index (χ4v) is 4.69. The molecule has 3 aromatic rings. The Morgan fingerprint density at radius 3 is 2.80 bits per heavy atom. The minimum Gasteiger partial charge on any atom is -0.285 e. The van der Waals surface area contributed by atoms with E-state index in [2.05, 4.69) is 14.8 Å². The molecule has 0 bridgehead atoms. The van der Waals surface area contributed by atoms with Gasteiger partial charge in [-0.3, -0.25) is 18.8 Å². The fraction of sp³-hybridized carbons (Fsp3) is 0.450. The van der Waals surface area contributed by atoms with Gasteiger partial charge in [-0.2, -0.15) is 5.10 Å². The highest BCUT2D eigenvalue weighted by molar-refractivity contribution is 7.90. The van der Waals surface area contributed by atoms with Crippen LogP contribution in [0.2, 0.25) is 5.02 Å². The normalized spacial score (nSPS) is 11.9. The number of aryl methyl sites for hydroxylation is 2. The number of hydrogen-bond donors (Lipinski definition) is 1. The number of pyridine rings is 1. The lowest BCUT2D eigenvalue weighted by Crippen LogP contribution is -2.33. The summed E-state index contributed by atoms with van der Waals surface area (Å²) in [6, 6.07) is 3.72. The van der Waals surface area contributed by atoms with Crippen molar-refractivity contribution in [3.8, 4) is 5.82 Å². The van der Waals surface area contributed by atoms with Gasteiger partial charge in [0.05, 0.1) is 16.5 Å². The molecule has 162 valence electrons. The SMILES string of the molecule is CCCCCC(=O)NS(=O)(=O)CCc1c(C)nn(C)c1-n1ccc2cc(Cl)cnc21. The number of unbranched alkanes of at least 4 members (excludes halogenated alkanes) is 2. The van der Waals surface area contributed by atoms with Gasteiger partial charge in [-0.25, -0.2) is 13.4 Å². The highest BCUT2D eigenvalue weighted by Crippen LogP contribution is 2.25. The van der Waals surface area contributed by atoms with E-state index in [0.717, 1.165) is 35.3 Å². The number of hydrogen-bond acceptors (Lipinski definition) is 5. The summed E-state index contributed by atoms with van der Waals surface area (Å²) >= 11 is 6.03. The number of amides is 1. The van der Waals surface area contributed by atoms with Crippen LogP contribution in [0.3, 0.4) is 0 Å². The highest BCUT2D eigenvalue weighted by atomic mass is 35.5. The first-order chi connectivity index (χ1) is 14.2. The van der Waals surface area contributed by atoms with Crippen LogP contribution < -0.4 is 4.72 Å². The van der Waals surface area contributed by atoms with E-state index < -0.39 is 15.9 Å². The van der Waals surface area contributed by atoms with Crippen LogP contribution in [0.25, 0.3) is 16.9 Å². The first kappa shape index (κ1) is 22.3. The summed E-state index contributed by atoms with van der Waals surface area (Å²) < 4.78 is 30.6. The molecule has 0 unspecified atom stereocenters. The van der Waals surface area contributed by atoms with Crippen LogP contribution in [0.1, 0.15) is 43.9 Å². The van der Waals surface area contributed by atoms with Crippen LogP contribution in [-0.4, -0.2) is 39.4 Å². The molecule has 0 aliphatic rings. The van der Waals surface area contributed by atoms with E-state index in [1.807, 2.05) is 36.7 Å². The Labute approximate surface area is 181 Å². The van der Waals surface area contributed by atoms with Crippen molar-refractivity contribution < 1.29 is 13.2 Å². The van der Waals surface area contributed by atoms with Gasteiger partial charge in [0.1, 0.15) is 11.5 Å². The molecule has 0 aliphatic carbocycles. The number of halogens is 1. The van der Waals surface area contributed by atoms with E-state index >= 15 is 0 Å². The molecular formula is C20H26ClN5O3S. The molecule has 0 aromatic carbocycles. The van der Waals surface area contributed by atoms with Crippen LogP contribution >= 0.6 is 11.6 Å². The maximum Gasteiger partial charge on any atom is 0.235 e. The Morgan fingerprint density at radius 2 is 2.07 bits per heavy atom. The van der Waals surface area contributed by atoms with E-state index in [4.69, 9.17) is 11.6 Å². The zero-order chi connectivity index (χ0) is 21.9. The van der Waals surface area contributed by atoms with Crippen LogP contribution in [0, 0.1) is 6.92 Å². The van der Waals surface area contributed by atoms with Crippen molar-refractivity contribution >= 4 is 38.6 Å². The summed E-state index contributed by atoms with van der Waals surface area (Å²) in [5.41, 5.74) is 2.22. The van der Waals surface area contributed by atoms with E-state index in [9.17, 15) is 13.2 Å². The zero-order valence-corrected chi connectivity index (χ0v) is 18.9. The molecular weight excluding hydrogens is 426 g/mol. The standard InChI is InChI=1S/C20H26ClN5O3S/c1-4-5-6-7-18(27)24-30(28,29)11-9-17-14(2)23-25(3)20(17)26-10-8-15-12-16(21)13-22-19(15)26/h8,10,12-13H,4-7,9,11H2,1-3H3,(H,24,27). The second kappa shape index (κ2) is 9.18. The van der Waals surface area contributed by atoms with Crippen molar-refractivity contribution in [2.24, 2.45) is 7.05 Å². The number of carbonyl (C=O) groups is 1. The van der Waals surface area contributed by atoms with Crippen molar-refractivity contribution in [3.63, 3.8) is 0 Å². The summed E-state index contributed by atoms with van der Waals surface area (Å²) in [4.78, 5) is 16.3. The molecule has 0 fully saturated rings. The lowest BCUT2D eigenvalue weighted by atomic mass is 10.2. The third-order valence-electron chi connectivity index (χ3n) is 4.93. The maximum atomic E-state index is 12.4. The van der Waals surface area contributed by atoms with E-state index in [0.29, 0.717) is 17.1 Å². The van der Waals surface area contributed by atoms with Crippen LogP contribution in [0.4, 0.5) is 0 Å². The number of nitrogens with zero attached hydrogens (tertiary/aromatic N) is 4. The second-order valence-corrected chi connectivity index (χ2v) is 9.59. The van der Waals surface area contributed by atoms with Gasteiger partial charge in [-0.05, 0) is 31.9 Å². The Hall–Kier alpha value is -2.39. The summed E-state index contributed by atoms with van der Waals surface area (Å²) in [7, 11) is -1.93. The lowest BCUT2D eigenvalue weighted by Gasteiger charge is -2.10. The van der Waals surface area contributed by atoms with E-state index in [-0.39, 0.29) is 18.6 Å². The molecule has 3 aromatic heterocycles. The third kappa shape index (κ3) is 5.02. The average Bonchev–Trinajstić information content (AvgIpc) is 3.18. The van der Waals surface area contributed by atoms with Gasteiger partial charge in [0.15, 0.2) is 0 Å². The Morgan fingerprint density at radius 1 is 1.30 bits per heavy atom. The maximum absolute atomic E-state index is 12.4. The van der Waals surface area contributed by atoms with Crippen molar-refractivity contribution in [1.82, 2.24) is 24.1 Å². The molecule has 0 spiro atoms.